The number of rotatable bonds is 5. The summed E-state index contributed by atoms with van der Waals surface area (Å²) in [5.41, 5.74) is 5.50. The second kappa shape index (κ2) is 7.01. The Morgan fingerprint density at radius 1 is 1.37 bits per heavy atom. The van der Waals surface area contributed by atoms with Gasteiger partial charge in [-0.2, -0.15) is 4.98 Å². The lowest BCUT2D eigenvalue weighted by atomic mass is 9.99. The van der Waals surface area contributed by atoms with Crippen molar-refractivity contribution in [3.8, 4) is 0 Å². The lowest BCUT2D eigenvalue weighted by Crippen LogP contribution is -2.35. The molecule has 1 aromatic heterocycles. The molecule has 0 radical (unpaired) electrons. The molecule has 1 saturated heterocycles. The third-order valence-electron chi connectivity index (χ3n) is 3.77. The third-order valence-corrected chi connectivity index (χ3v) is 3.77. The van der Waals surface area contributed by atoms with Gasteiger partial charge in [0.2, 0.25) is 5.89 Å². The van der Waals surface area contributed by atoms with Gasteiger partial charge >= 0.3 is 0 Å². The second-order valence-corrected chi connectivity index (χ2v) is 5.91. The zero-order valence-corrected chi connectivity index (χ0v) is 12.1. The molecule has 5 nitrogen and oxygen atoms in total. The van der Waals surface area contributed by atoms with Crippen molar-refractivity contribution in [1.29, 1.82) is 0 Å². The fourth-order valence-electron chi connectivity index (χ4n) is 2.87. The zero-order valence-electron chi connectivity index (χ0n) is 12.1. The van der Waals surface area contributed by atoms with Gasteiger partial charge in [-0.3, -0.25) is 4.90 Å². The molecule has 1 aliphatic rings. The Morgan fingerprint density at radius 3 is 2.89 bits per heavy atom. The minimum atomic E-state index is 0.322. The summed E-state index contributed by atoms with van der Waals surface area (Å²) in [4.78, 5) is 6.85. The van der Waals surface area contributed by atoms with Crippen LogP contribution in [0.4, 0.5) is 0 Å². The van der Waals surface area contributed by atoms with Gasteiger partial charge in [-0.15, -0.1) is 0 Å². The van der Waals surface area contributed by atoms with E-state index in [2.05, 4.69) is 28.9 Å². The van der Waals surface area contributed by atoms with E-state index in [1.165, 1.54) is 32.1 Å². The Morgan fingerprint density at radius 2 is 2.21 bits per heavy atom. The summed E-state index contributed by atoms with van der Waals surface area (Å²) >= 11 is 0. The van der Waals surface area contributed by atoms with E-state index in [0.29, 0.717) is 18.5 Å². The summed E-state index contributed by atoms with van der Waals surface area (Å²) in [6, 6.07) is 0.655. The van der Waals surface area contributed by atoms with Crippen LogP contribution in [0.5, 0.6) is 0 Å². The molecular formula is C14H26N4O. The SMILES string of the molecule is CC(C)CC1CCCCCN1Cc1noc(CN)n1. The molecule has 1 unspecified atom stereocenters. The Hall–Kier alpha value is -0.940. The first kappa shape index (κ1) is 14.5. The molecule has 0 amide bonds. The number of nitrogens with zero attached hydrogens (tertiary/aromatic N) is 3. The number of likely N-dealkylation sites (tertiary alicyclic amines) is 1. The molecule has 0 aromatic carbocycles. The molecule has 2 rings (SSSR count). The normalized spacial score (nSPS) is 21.8. The van der Waals surface area contributed by atoms with Gasteiger partial charge in [-0.05, 0) is 31.7 Å². The maximum absolute atomic E-state index is 5.50. The van der Waals surface area contributed by atoms with E-state index in [4.69, 9.17) is 10.3 Å². The Labute approximate surface area is 115 Å². The van der Waals surface area contributed by atoms with Crippen molar-refractivity contribution in [3.05, 3.63) is 11.7 Å². The van der Waals surface area contributed by atoms with E-state index in [1.54, 1.807) is 0 Å². The molecule has 19 heavy (non-hydrogen) atoms. The average Bonchev–Trinajstić information content (AvgIpc) is 2.72. The van der Waals surface area contributed by atoms with Crippen molar-refractivity contribution in [2.45, 2.75) is 65.1 Å². The highest BCUT2D eigenvalue weighted by Crippen LogP contribution is 2.23. The molecule has 0 bridgehead atoms. The van der Waals surface area contributed by atoms with Crippen LogP contribution >= 0.6 is 0 Å². The van der Waals surface area contributed by atoms with E-state index < -0.39 is 0 Å². The van der Waals surface area contributed by atoms with Crippen LogP contribution in [0.2, 0.25) is 0 Å². The minimum absolute atomic E-state index is 0.322. The summed E-state index contributed by atoms with van der Waals surface area (Å²) in [5, 5.41) is 4.02. The predicted octanol–water partition coefficient (Wildman–Crippen LogP) is 2.32. The number of hydrogen-bond donors (Lipinski definition) is 1. The fraction of sp³-hybridized carbons (Fsp3) is 0.857. The van der Waals surface area contributed by atoms with Crippen LogP contribution in [0.3, 0.4) is 0 Å². The second-order valence-electron chi connectivity index (χ2n) is 5.91. The highest BCUT2D eigenvalue weighted by molar-refractivity contribution is 4.88. The standard InChI is InChI=1S/C14H26N4O/c1-11(2)8-12-6-4-3-5-7-18(12)10-13-16-14(9-15)19-17-13/h11-12H,3-10,15H2,1-2H3. The maximum Gasteiger partial charge on any atom is 0.240 e. The van der Waals surface area contributed by atoms with Gasteiger partial charge in [0.05, 0.1) is 13.1 Å². The molecule has 1 atom stereocenters. The highest BCUT2D eigenvalue weighted by Gasteiger charge is 2.23. The van der Waals surface area contributed by atoms with E-state index >= 15 is 0 Å². The number of nitrogens with two attached hydrogens (primary N) is 1. The molecule has 5 heteroatoms. The van der Waals surface area contributed by atoms with Gasteiger partial charge in [0.15, 0.2) is 5.82 Å². The number of hydrogen-bond acceptors (Lipinski definition) is 5. The van der Waals surface area contributed by atoms with Gasteiger partial charge in [0.25, 0.3) is 0 Å². The van der Waals surface area contributed by atoms with Crippen LogP contribution in [0, 0.1) is 5.92 Å². The van der Waals surface area contributed by atoms with Crippen LogP contribution in [-0.2, 0) is 13.1 Å². The van der Waals surface area contributed by atoms with Crippen LogP contribution in [0.1, 0.15) is 57.7 Å². The first-order chi connectivity index (χ1) is 9.19. The van der Waals surface area contributed by atoms with Crippen LogP contribution < -0.4 is 5.73 Å². The molecule has 1 aromatic rings. The first-order valence-electron chi connectivity index (χ1n) is 7.44. The Balaban J connectivity index is 2.00. The molecule has 2 N–H and O–H groups in total. The van der Waals surface area contributed by atoms with Gasteiger partial charge in [0.1, 0.15) is 0 Å². The summed E-state index contributed by atoms with van der Waals surface area (Å²) in [7, 11) is 0. The van der Waals surface area contributed by atoms with Crippen molar-refractivity contribution < 1.29 is 4.52 Å². The zero-order chi connectivity index (χ0) is 13.7. The largest absolute Gasteiger partial charge is 0.338 e. The summed E-state index contributed by atoms with van der Waals surface area (Å²) < 4.78 is 5.09. The van der Waals surface area contributed by atoms with Crippen LogP contribution in [0.25, 0.3) is 0 Å². The van der Waals surface area contributed by atoms with Gasteiger partial charge in [0, 0.05) is 6.04 Å². The third kappa shape index (κ3) is 4.28. The molecule has 0 saturated carbocycles. The molecule has 0 spiro atoms. The molecule has 0 aliphatic carbocycles. The topological polar surface area (TPSA) is 68.2 Å². The molecular weight excluding hydrogens is 240 g/mol. The summed E-state index contributed by atoms with van der Waals surface area (Å²) in [5.74, 6) is 2.04. The molecule has 1 fully saturated rings. The first-order valence-corrected chi connectivity index (χ1v) is 7.44. The van der Waals surface area contributed by atoms with Gasteiger partial charge < -0.3 is 10.3 Å². The summed E-state index contributed by atoms with van der Waals surface area (Å²) in [6.07, 6.45) is 6.50. The smallest absolute Gasteiger partial charge is 0.240 e. The van der Waals surface area contributed by atoms with E-state index in [-0.39, 0.29) is 0 Å². The lowest BCUT2D eigenvalue weighted by Gasteiger charge is -2.30. The monoisotopic (exact) mass is 266 g/mol. The van der Waals surface area contributed by atoms with Crippen molar-refractivity contribution in [1.82, 2.24) is 15.0 Å². The summed E-state index contributed by atoms with van der Waals surface area (Å²) in [6.45, 7) is 6.85. The minimum Gasteiger partial charge on any atom is -0.338 e. The van der Waals surface area contributed by atoms with Crippen LogP contribution in [0.15, 0.2) is 4.52 Å². The van der Waals surface area contributed by atoms with Gasteiger partial charge in [-0.25, -0.2) is 0 Å². The Bertz CT molecular complexity index is 377. The van der Waals surface area contributed by atoms with Crippen LogP contribution in [-0.4, -0.2) is 27.6 Å². The van der Waals surface area contributed by atoms with E-state index in [1.807, 2.05) is 0 Å². The predicted molar refractivity (Wildman–Crippen MR) is 74.3 cm³/mol. The Kier molecular flexibility index (Phi) is 5.34. The number of aromatic nitrogens is 2. The highest BCUT2D eigenvalue weighted by atomic mass is 16.5. The molecule has 1 aliphatic heterocycles. The molecule has 2 heterocycles. The fourth-order valence-corrected chi connectivity index (χ4v) is 2.87. The van der Waals surface area contributed by atoms with Gasteiger partial charge in [-0.1, -0.05) is 31.8 Å². The van der Waals surface area contributed by atoms with Crippen molar-refractivity contribution in [2.24, 2.45) is 11.7 Å². The van der Waals surface area contributed by atoms with Crippen molar-refractivity contribution >= 4 is 0 Å². The van der Waals surface area contributed by atoms with E-state index in [9.17, 15) is 0 Å². The maximum atomic E-state index is 5.50. The average molecular weight is 266 g/mol. The van der Waals surface area contributed by atoms with E-state index in [0.717, 1.165) is 24.8 Å². The lowest BCUT2D eigenvalue weighted by molar-refractivity contribution is 0.162. The van der Waals surface area contributed by atoms with Crippen molar-refractivity contribution in [3.63, 3.8) is 0 Å². The molecule has 108 valence electrons. The quantitative estimate of drug-likeness (QED) is 0.885. The van der Waals surface area contributed by atoms with Crippen molar-refractivity contribution in [2.75, 3.05) is 6.54 Å².